The average molecular weight is 1130 g/mol. The zero-order chi connectivity index (χ0) is 54.6. The van der Waals surface area contributed by atoms with Crippen molar-refractivity contribution in [2.45, 2.75) is 67.4 Å². The number of hydrogen-bond acceptors (Lipinski definition) is 11. The van der Waals surface area contributed by atoms with Gasteiger partial charge in [0, 0.05) is 103 Å². The molecule has 3 fully saturated rings. The fourth-order valence-corrected chi connectivity index (χ4v) is 15.3. The number of likely N-dealkylation sites (tertiary alicyclic amines) is 1. The number of piperazine rings is 1. The average Bonchev–Trinajstić information content (AvgIpc) is 4.09. The van der Waals surface area contributed by atoms with E-state index in [-0.39, 0.29) is 35.7 Å². The van der Waals surface area contributed by atoms with Crippen LogP contribution in [0.1, 0.15) is 55.2 Å². The van der Waals surface area contributed by atoms with Gasteiger partial charge in [-0.3, -0.25) is 9.24 Å². The Morgan fingerprint density at radius 3 is 2.14 bits per heavy atom. The maximum absolute atomic E-state index is 15.0. The zero-order valence-corrected chi connectivity index (χ0v) is 46.9. The third-order valence-corrected chi connectivity index (χ3v) is 20.3. The highest BCUT2D eigenvalue weighted by atomic mass is 35.5. The van der Waals surface area contributed by atoms with E-state index in [1.54, 1.807) is 19.2 Å². The van der Waals surface area contributed by atoms with Crippen LogP contribution < -0.4 is 25.1 Å². The molecule has 410 valence electrons. The standard InChI is InChI=1S/C57H65ClF3N6O7PS2/c1-39(2)67-40(3)53(56(68)69)54(55(67)42-13-15-44(58)16-14-42)43-9-8-10-48(35-43)65-31-29-64(30-32-65)46-17-19-47(20-18-46)66-33-34-74-75(66,70)49-21-22-51(52(36-49)77(71,72)57(59,60)61)62-45(38-76-50-11-6-5-7-12-50)25-28-63-26-23-41(24-27-63)37-73-4/h5-22,35-36,39,41,45,62H,23-34,37-38H2,1-4H3,(H,68,69)/t45-,75+/m1/s1. The number of rotatable bonds is 19. The van der Waals surface area contributed by atoms with Crippen molar-refractivity contribution in [1.29, 1.82) is 0 Å². The number of aromatic carboxylic acids is 1. The highest BCUT2D eigenvalue weighted by molar-refractivity contribution is 7.99. The SMILES string of the molecule is COCC1CCN(CC[C@H](CSc2ccccc2)Nc2ccc([P@]3(=O)OCCN3c3ccc(N4CCN(c5cccc(-c6c(C(=O)O)c(C)n(C(C)C)c6-c6ccc(Cl)cc6)c5)CC4)cc3)cc2S(=O)(=O)C(F)(F)F)CC1. The predicted molar refractivity (Wildman–Crippen MR) is 304 cm³/mol. The van der Waals surface area contributed by atoms with Gasteiger partial charge in [0.25, 0.3) is 9.84 Å². The molecular formula is C57H65ClF3N6O7PS2. The number of methoxy groups -OCH3 is 1. The van der Waals surface area contributed by atoms with Crippen LogP contribution in [-0.4, -0.2) is 119 Å². The van der Waals surface area contributed by atoms with E-state index in [0.29, 0.717) is 79.4 Å². The molecule has 1 aromatic heterocycles. The Balaban J connectivity index is 0.917. The van der Waals surface area contributed by atoms with Crippen molar-refractivity contribution >= 4 is 74.7 Å². The third-order valence-electron chi connectivity index (χ3n) is 14.8. The maximum Gasteiger partial charge on any atom is 0.501 e. The molecule has 2 atom stereocenters. The summed E-state index contributed by atoms with van der Waals surface area (Å²) in [4.78, 5) is 19.7. The van der Waals surface area contributed by atoms with E-state index in [2.05, 4.69) is 30.6 Å². The number of alkyl halides is 3. The van der Waals surface area contributed by atoms with E-state index >= 15 is 4.57 Å². The van der Waals surface area contributed by atoms with Crippen molar-refractivity contribution in [2.24, 2.45) is 5.92 Å². The molecule has 3 aliphatic heterocycles. The molecule has 0 saturated carbocycles. The minimum Gasteiger partial charge on any atom is -0.478 e. The second-order valence-electron chi connectivity index (χ2n) is 20.1. The van der Waals surface area contributed by atoms with E-state index < -0.39 is 39.8 Å². The fraction of sp³-hybridized carbons (Fsp3) is 0.386. The monoisotopic (exact) mass is 1130 g/mol. The summed E-state index contributed by atoms with van der Waals surface area (Å²) in [6.45, 7) is 11.8. The van der Waals surface area contributed by atoms with Crippen molar-refractivity contribution in [3.05, 3.63) is 138 Å². The largest absolute Gasteiger partial charge is 0.501 e. The Morgan fingerprint density at radius 2 is 1.51 bits per heavy atom. The summed E-state index contributed by atoms with van der Waals surface area (Å²) in [6.07, 6.45) is 2.49. The van der Waals surface area contributed by atoms with Crippen LogP contribution in [0.4, 0.5) is 35.9 Å². The number of piperidine rings is 1. The molecule has 3 aliphatic rings. The van der Waals surface area contributed by atoms with Gasteiger partial charge in [-0.1, -0.05) is 54.1 Å². The van der Waals surface area contributed by atoms with Crippen molar-refractivity contribution < 1.29 is 45.3 Å². The predicted octanol–water partition coefficient (Wildman–Crippen LogP) is 12.4. The lowest BCUT2D eigenvalue weighted by atomic mass is 9.96. The summed E-state index contributed by atoms with van der Waals surface area (Å²) in [7, 11) is -8.34. The summed E-state index contributed by atoms with van der Waals surface area (Å²) in [5.41, 5.74) is 0.558. The molecule has 0 aliphatic carbocycles. The van der Waals surface area contributed by atoms with Gasteiger partial charge in [0.1, 0.15) is 4.90 Å². The lowest BCUT2D eigenvalue weighted by Gasteiger charge is -2.37. The molecule has 0 unspecified atom stereocenters. The molecule has 0 amide bonds. The highest BCUT2D eigenvalue weighted by Crippen LogP contribution is 2.56. The summed E-state index contributed by atoms with van der Waals surface area (Å²) >= 11 is 7.81. The van der Waals surface area contributed by atoms with Crippen molar-refractivity contribution in [1.82, 2.24) is 9.47 Å². The van der Waals surface area contributed by atoms with Gasteiger partial charge >= 0.3 is 19.0 Å². The number of sulfone groups is 1. The van der Waals surface area contributed by atoms with E-state index in [0.717, 1.165) is 65.1 Å². The van der Waals surface area contributed by atoms with Gasteiger partial charge in [-0.15, -0.1) is 11.8 Å². The van der Waals surface area contributed by atoms with Crippen LogP contribution in [0.25, 0.3) is 22.4 Å². The normalized spacial score (nSPS) is 18.3. The number of anilines is 4. The molecule has 3 saturated heterocycles. The first-order valence-corrected chi connectivity index (χ1v) is 30.4. The molecule has 4 heterocycles. The van der Waals surface area contributed by atoms with Crippen LogP contribution in [0.3, 0.4) is 0 Å². The van der Waals surface area contributed by atoms with Gasteiger partial charge in [0.15, 0.2) is 0 Å². The molecule has 6 aromatic rings. The maximum atomic E-state index is 15.0. The molecule has 77 heavy (non-hydrogen) atoms. The first-order chi connectivity index (χ1) is 36.9. The Morgan fingerprint density at radius 1 is 0.844 bits per heavy atom. The topological polar surface area (TPSA) is 137 Å². The van der Waals surface area contributed by atoms with Crippen LogP contribution >= 0.6 is 30.9 Å². The summed E-state index contributed by atoms with van der Waals surface area (Å²) < 4.78 is 101. The number of ether oxygens (including phenoxy) is 1. The third kappa shape index (κ3) is 12.2. The van der Waals surface area contributed by atoms with Gasteiger partial charge in [-0.05, 0) is 149 Å². The summed E-state index contributed by atoms with van der Waals surface area (Å²) in [5.74, 6) is -0.0797. The quantitative estimate of drug-likeness (QED) is 0.0589. The molecule has 0 bridgehead atoms. The number of carboxylic acids is 1. The van der Waals surface area contributed by atoms with Crippen molar-refractivity contribution in [2.75, 3.05) is 98.2 Å². The summed E-state index contributed by atoms with van der Waals surface area (Å²) in [6, 6.07) is 35.6. The molecule has 5 aromatic carbocycles. The molecule has 0 radical (unpaired) electrons. The molecule has 2 N–H and O–H groups in total. The number of benzene rings is 5. The lowest BCUT2D eigenvalue weighted by Crippen LogP contribution is -2.46. The van der Waals surface area contributed by atoms with Gasteiger partial charge in [-0.25, -0.2) is 13.2 Å². The fourth-order valence-electron chi connectivity index (χ4n) is 10.9. The van der Waals surface area contributed by atoms with Gasteiger partial charge < -0.3 is 39.0 Å². The van der Waals surface area contributed by atoms with E-state index in [1.807, 2.05) is 106 Å². The van der Waals surface area contributed by atoms with Crippen LogP contribution in [0.5, 0.6) is 0 Å². The number of nitrogens with zero attached hydrogens (tertiary/aromatic N) is 5. The zero-order valence-electron chi connectivity index (χ0n) is 43.6. The number of aromatic nitrogens is 1. The minimum absolute atomic E-state index is 0.00820. The van der Waals surface area contributed by atoms with Gasteiger partial charge in [-0.2, -0.15) is 13.2 Å². The number of carbonyl (C=O) groups is 1. The van der Waals surface area contributed by atoms with Crippen molar-refractivity contribution in [3.63, 3.8) is 0 Å². The van der Waals surface area contributed by atoms with E-state index in [4.69, 9.17) is 20.9 Å². The number of carboxylic acid groups (broad SMARTS) is 1. The smallest absolute Gasteiger partial charge is 0.478 e. The Kier molecular flexibility index (Phi) is 17.4. The lowest BCUT2D eigenvalue weighted by molar-refractivity contribution is -0.0435. The molecule has 0 spiro atoms. The highest BCUT2D eigenvalue weighted by Gasteiger charge is 2.49. The summed E-state index contributed by atoms with van der Waals surface area (Å²) in [5, 5.41) is 14.2. The Labute approximate surface area is 458 Å². The van der Waals surface area contributed by atoms with E-state index in [1.165, 1.54) is 28.6 Å². The molecule has 13 nitrogen and oxygen atoms in total. The molecule has 9 rings (SSSR count). The van der Waals surface area contributed by atoms with Crippen LogP contribution in [-0.2, 0) is 23.7 Å². The number of halogens is 4. The minimum atomic E-state index is -5.93. The molecular weight excluding hydrogens is 1070 g/mol. The first-order valence-electron chi connectivity index (χ1n) is 25.9. The second-order valence-corrected chi connectivity index (χ2v) is 25.8. The molecule has 20 heteroatoms. The van der Waals surface area contributed by atoms with E-state index in [9.17, 15) is 31.5 Å². The van der Waals surface area contributed by atoms with Crippen LogP contribution in [0.15, 0.2) is 131 Å². The van der Waals surface area contributed by atoms with Gasteiger partial charge in [0.05, 0.1) is 35.4 Å². The first kappa shape index (κ1) is 56.3. The van der Waals surface area contributed by atoms with Crippen LogP contribution in [0, 0.1) is 12.8 Å². The van der Waals surface area contributed by atoms with Crippen molar-refractivity contribution in [3.8, 4) is 22.4 Å². The van der Waals surface area contributed by atoms with Crippen LogP contribution in [0.2, 0.25) is 5.02 Å². The van der Waals surface area contributed by atoms with Gasteiger partial charge in [0.2, 0.25) is 0 Å². The number of nitrogens with one attached hydrogen (secondary N) is 1. The Bertz CT molecular complexity index is 3190. The number of thioether (sulfide) groups is 1. The second kappa shape index (κ2) is 23.9. The number of hydrogen-bond donors (Lipinski definition) is 2. The Hall–Kier alpha value is -5.46.